The molecule has 0 saturated heterocycles. The molecule has 2 rings (SSSR count). The number of H-pyrrole nitrogens is 1. The minimum absolute atomic E-state index is 0.581. The second-order valence-corrected chi connectivity index (χ2v) is 3.79. The molecule has 0 bridgehead atoms. The molecule has 0 radical (unpaired) electrons. The Balaban J connectivity index is 2.47. The fourth-order valence-corrected chi connectivity index (χ4v) is 2.02. The van der Waals surface area contributed by atoms with E-state index in [0.29, 0.717) is 4.77 Å². The van der Waals surface area contributed by atoms with Crippen LogP contribution in [0.25, 0.3) is 0 Å². The Bertz CT molecular complexity index is 385. The standard InChI is InChI=1S/C9H14N4S/c1-10-4-7-6-2-3-11-5-8(6)13-9(14)12-7/h10-11H,2-5H2,1H3,(H,12,13,14). The van der Waals surface area contributed by atoms with Crippen LogP contribution in [0.15, 0.2) is 0 Å². The van der Waals surface area contributed by atoms with Gasteiger partial charge in [-0.05, 0) is 37.8 Å². The maximum Gasteiger partial charge on any atom is 0.197 e. The third kappa shape index (κ3) is 1.84. The lowest BCUT2D eigenvalue weighted by Gasteiger charge is -2.19. The molecular formula is C9H14N4S. The molecule has 5 heteroatoms. The van der Waals surface area contributed by atoms with Gasteiger partial charge in [0.2, 0.25) is 0 Å². The van der Waals surface area contributed by atoms with E-state index in [1.807, 2.05) is 7.05 Å². The molecule has 2 heterocycles. The number of nitrogens with zero attached hydrogens (tertiary/aromatic N) is 1. The van der Waals surface area contributed by atoms with E-state index in [-0.39, 0.29) is 0 Å². The van der Waals surface area contributed by atoms with Gasteiger partial charge in [0, 0.05) is 18.8 Å². The summed E-state index contributed by atoms with van der Waals surface area (Å²) in [6.07, 6.45) is 1.03. The first-order valence-corrected chi connectivity index (χ1v) is 5.18. The van der Waals surface area contributed by atoms with Crippen LogP contribution in [0.5, 0.6) is 0 Å². The summed E-state index contributed by atoms with van der Waals surface area (Å²) in [5, 5.41) is 6.43. The molecule has 0 spiro atoms. The zero-order valence-corrected chi connectivity index (χ0v) is 9.00. The second-order valence-electron chi connectivity index (χ2n) is 3.40. The van der Waals surface area contributed by atoms with Crippen LogP contribution in [0.4, 0.5) is 0 Å². The quantitative estimate of drug-likeness (QED) is 0.622. The number of rotatable bonds is 2. The zero-order valence-electron chi connectivity index (χ0n) is 8.18. The predicted octanol–water partition coefficient (Wildman–Crippen LogP) is 0.504. The van der Waals surface area contributed by atoms with Gasteiger partial charge in [0.15, 0.2) is 4.77 Å². The fourth-order valence-electron chi connectivity index (χ4n) is 1.78. The molecule has 0 aromatic carbocycles. The Kier molecular flexibility index (Phi) is 2.90. The van der Waals surface area contributed by atoms with Gasteiger partial charge in [0.25, 0.3) is 0 Å². The number of aromatic nitrogens is 2. The molecule has 0 fully saturated rings. The summed E-state index contributed by atoms with van der Waals surface area (Å²) in [6.45, 7) is 2.69. The van der Waals surface area contributed by atoms with Crippen molar-refractivity contribution in [3.05, 3.63) is 21.7 Å². The Hall–Kier alpha value is -0.780. The maximum absolute atomic E-state index is 5.08. The van der Waals surface area contributed by atoms with Crippen LogP contribution < -0.4 is 10.6 Å². The lowest BCUT2D eigenvalue weighted by atomic mass is 10.0. The Morgan fingerprint density at radius 2 is 2.43 bits per heavy atom. The summed E-state index contributed by atoms with van der Waals surface area (Å²) in [5.74, 6) is 0. The third-order valence-corrected chi connectivity index (χ3v) is 2.60. The van der Waals surface area contributed by atoms with Crippen molar-refractivity contribution >= 4 is 12.2 Å². The summed E-state index contributed by atoms with van der Waals surface area (Å²) in [4.78, 5) is 7.49. The Morgan fingerprint density at radius 1 is 1.57 bits per heavy atom. The topological polar surface area (TPSA) is 52.7 Å². The molecule has 1 aliphatic heterocycles. The SMILES string of the molecule is CNCc1nc(=S)[nH]c2c1CCNC2. The monoisotopic (exact) mass is 210 g/mol. The van der Waals surface area contributed by atoms with Crippen molar-refractivity contribution in [1.82, 2.24) is 20.6 Å². The largest absolute Gasteiger partial charge is 0.333 e. The Morgan fingerprint density at radius 3 is 3.21 bits per heavy atom. The highest BCUT2D eigenvalue weighted by Crippen LogP contribution is 2.14. The van der Waals surface area contributed by atoms with E-state index < -0.39 is 0 Å². The number of fused-ring (bicyclic) bond motifs is 1. The molecule has 0 saturated carbocycles. The van der Waals surface area contributed by atoms with E-state index in [1.165, 1.54) is 11.3 Å². The van der Waals surface area contributed by atoms with E-state index in [4.69, 9.17) is 12.2 Å². The number of hydrogen-bond acceptors (Lipinski definition) is 4. The van der Waals surface area contributed by atoms with Crippen LogP contribution in [0, 0.1) is 4.77 Å². The van der Waals surface area contributed by atoms with Crippen LogP contribution in [-0.2, 0) is 19.5 Å². The third-order valence-electron chi connectivity index (χ3n) is 2.40. The zero-order chi connectivity index (χ0) is 9.97. The number of aromatic amines is 1. The summed E-state index contributed by atoms with van der Waals surface area (Å²) in [5.41, 5.74) is 3.61. The van der Waals surface area contributed by atoms with Gasteiger partial charge in [0.05, 0.1) is 5.69 Å². The molecule has 0 atom stereocenters. The fraction of sp³-hybridized carbons (Fsp3) is 0.556. The average molecular weight is 210 g/mol. The van der Waals surface area contributed by atoms with Gasteiger partial charge < -0.3 is 15.6 Å². The summed E-state index contributed by atoms with van der Waals surface area (Å²) >= 11 is 5.08. The van der Waals surface area contributed by atoms with Gasteiger partial charge >= 0.3 is 0 Å². The van der Waals surface area contributed by atoms with Crippen molar-refractivity contribution in [2.24, 2.45) is 0 Å². The minimum Gasteiger partial charge on any atom is -0.333 e. The predicted molar refractivity (Wildman–Crippen MR) is 57.6 cm³/mol. The molecule has 1 aromatic heterocycles. The van der Waals surface area contributed by atoms with Gasteiger partial charge in [-0.15, -0.1) is 0 Å². The van der Waals surface area contributed by atoms with Crippen LogP contribution >= 0.6 is 12.2 Å². The van der Waals surface area contributed by atoms with Crippen LogP contribution in [-0.4, -0.2) is 23.6 Å². The minimum atomic E-state index is 0.581. The van der Waals surface area contributed by atoms with Gasteiger partial charge in [-0.1, -0.05) is 0 Å². The van der Waals surface area contributed by atoms with Gasteiger partial charge in [-0.2, -0.15) is 0 Å². The highest BCUT2D eigenvalue weighted by atomic mass is 32.1. The second kappa shape index (κ2) is 4.16. The van der Waals surface area contributed by atoms with E-state index in [1.54, 1.807) is 0 Å². The van der Waals surface area contributed by atoms with Crippen LogP contribution in [0.2, 0.25) is 0 Å². The van der Waals surface area contributed by atoms with Crippen molar-refractivity contribution in [2.45, 2.75) is 19.5 Å². The first-order chi connectivity index (χ1) is 6.81. The van der Waals surface area contributed by atoms with E-state index >= 15 is 0 Å². The molecule has 76 valence electrons. The summed E-state index contributed by atoms with van der Waals surface area (Å²) < 4.78 is 0.581. The number of nitrogens with one attached hydrogen (secondary N) is 3. The first kappa shape index (κ1) is 9.76. The van der Waals surface area contributed by atoms with E-state index in [2.05, 4.69) is 20.6 Å². The molecule has 1 aromatic rings. The van der Waals surface area contributed by atoms with E-state index in [0.717, 1.165) is 31.7 Å². The van der Waals surface area contributed by atoms with Crippen LogP contribution in [0.3, 0.4) is 0 Å². The maximum atomic E-state index is 5.08. The molecule has 3 N–H and O–H groups in total. The molecule has 0 unspecified atom stereocenters. The molecule has 1 aliphatic rings. The Labute approximate surface area is 88.1 Å². The van der Waals surface area contributed by atoms with Gasteiger partial charge in [-0.25, -0.2) is 4.98 Å². The van der Waals surface area contributed by atoms with E-state index in [9.17, 15) is 0 Å². The first-order valence-electron chi connectivity index (χ1n) is 4.77. The van der Waals surface area contributed by atoms with Crippen molar-refractivity contribution in [3.63, 3.8) is 0 Å². The highest BCUT2D eigenvalue weighted by Gasteiger charge is 2.13. The lowest BCUT2D eigenvalue weighted by molar-refractivity contribution is 0.607. The normalized spacial score (nSPS) is 15.2. The van der Waals surface area contributed by atoms with Crippen molar-refractivity contribution in [3.8, 4) is 0 Å². The summed E-state index contributed by atoms with van der Waals surface area (Å²) in [6, 6.07) is 0. The average Bonchev–Trinajstić information content (AvgIpc) is 2.18. The number of hydrogen-bond donors (Lipinski definition) is 3. The molecule has 4 nitrogen and oxygen atoms in total. The van der Waals surface area contributed by atoms with Crippen molar-refractivity contribution < 1.29 is 0 Å². The summed E-state index contributed by atoms with van der Waals surface area (Å²) in [7, 11) is 1.93. The molecular weight excluding hydrogens is 196 g/mol. The van der Waals surface area contributed by atoms with Gasteiger partial charge in [0.1, 0.15) is 0 Å². The smallest absolute Gasteiger partial charge is 0.197 e. The van der Waals surface area contributed by atoms with Crippen molar-refractivity contribution in [2.75, 3.05) is 13.6 Å². The molecule has 0 amide bonds. The van der Waals surface area contributed by atoms with Crippen LogP contribution in [0.1, 0.15) is 17.0 Å². The lowest BCUT2D eigenvalue weighted by Crippen LogP contribution is -2.27. The van der Waals surface area contributed by atoms with Crippen molar-refractivity contribution in [1.29, 1.82) is 0 Å². The molecule has 14 heavy (non-hydrogen) atoms. The highest BCUT2D eigenvalue weighted by molar-refractivity contribution is 7.71. The molecule has 0 aliphatic carbocycles. The van der Waals surface area contributed by atoms with Gasteiger partial charge in [-0.3, -0.25) is 0 Å².